The molecule has 0 aromatic heterocycles. The van der Waals surface area contributed by atoms with Crippen LogP contribution in [0.15, 0.2) is 47.6 Å². The van der Waals surface area contributed by atoms with Gasteiger partial charge in [-0.05, 0) is 53.9 Å². The van der Waals surface area contributed by atoms with Crippen molar-refractivity contribution in [3.8, 4) is 0 Å². The van der Waals surface area contributed by atoms with E-state index in [1.165, 1.54) is 11.6 Å². The van der Waals surface area contributed by atoms with Crippen LogP contribution < -0.4 is 0 Å². The van der Waals surface area contributed by atoms with Gasteiger partial charge in [-0.25, -0.2) is 0 Å². The Morgan fingerprint density at radius 1 is 1.04 bits per heavy atom. The van der Waals surface area contributed by atoms with Gasteiger partial charge in [0.05, 0.1) is 17.8 Å². The normalized spacial score (nSPS) is 18.1. The van der Waals surface area contributed by atoms with Crippen molar-refractivity contribution in [2.75, 3.05) is 0 Å². The second kappa shape index (κ2) is 10.6. The third kappa shape index (κ3) is 12.0. The van der Waals surface area contributed by atoms with E-state index < -0.39 is 17.8 Å². The van der Waals surface area contributed by atoms with Crippen LogP contribution >= 0.6 is 0 Å². The highest BCUT2D eigenvalue weighted by molar-refractivity contribution is 5.11. The lowest BCUT2D eigenvalue weighted by Gasteiger charge is -2.21. The summed E-state index contributed by atoms with van der Waals surface area (Å²) in [5.41, 5.74) is 2.29. The molecule has 3 nitrogen and oxygen atoms in total. The summed E-state index contributed by atoms with van der Waals surface area (Å²) in [5.74, 6) is 0. The zero-order valence-corrected chi connectivity index (χ0v) is 15.3. The molecule has 0 unspecified atom stereocenters. The topological polar surface area (TPSA) is 60.7 Å². The zero-order chi connectivity index (χ0) is 18.0. The van der Waals surface area contributed by atoms with E-state index in [2.05, 4.69) is 26.5 Å². The van der Waals surface area contributed by atoms with Crippen LogP contribution in [0.25, 0.3) is 0 Å². The highest BCUT2D eigenvalue weighted by Gasteiger charge is 2.19. The maximum atomic E-state index is 10.1. The minimum Gasteiger partial charge on any atom is -0.389 e. The van der Waals surface area contributed by atoms with Crippen molar-refractivity contribution in [3.63, 3.8) is 0 Å². The van der Waals surface area contributed by atoms with Crippen molar-refractivity contribution in [3.05, 3.63) is 47.6 Å². The SMILES string of the molecule is C=C[C@@](C)(O)C[C@H](O)/C=C(\C)C[C@@H](O)/C=C(\C)CCC=C(C)C. The van der Waals surface area contributed by atoms with Gasteiger partial charge >= 0.3 is 0 Å². The third-order valence-corrected chi connectivity index (χ3v) is 3.64. The van der Waals surface area contributed by atoms with Gasteiger partial charge in [0.2, 0.25) is 0 Å². The van der Waals surface area contributed by atoms with Crippen LogP contribution in [0.4, 0.5) is 0 Å². The van der Waals surface area contributed by atoms with Crippen molar-refractivity contribution in [1.82, 2.24) is 0 Å². The summed E-state index contributed by atoms with van der Waals surface area (Å²) < 4.78 is 0. The van der Waals surface area contributed by atoms with E-state index >= 15 is 0 Å². The van der Waals surface area contributed by atoms with Crippen molar-refractivity contribution in [2.24, 2.45) is 0 Å². The van der Waals surface area contributed by atoms with E-state index in [1.54, 1.807) is 13.0 Å². The molecule has 0 radical (unpaired) electrons. The highest BCUT2D eigenvalue weighted by atomic mass is 16.3. The summed E-state index contributed by atoms with van der Waals surface area (Å²) in [6.45, 7) is 13.2. The van der Waals surface area contributed by atoms with Crippen LogP contribution in [0.3, 0.4) is 0 Å². The van der Waals surface area contributed by atoms with E-state index in [1.807, 2.05) is 19.9 Å². The van der Waals surface area contributed by atoms with E-state index in [0.717, 1.165) is 24.0 Å². The maximum Gasteiger partial charge on any atom is 0.0824 e. The maximum absolute atomic E-state index is 10.1. The van der Waals surface area contributed by atoms with Crippen molar-refractivity contribution >= 4 is 0 Å². The zero-order valence-electron chi connectivity index (χ0n) is 15.3. The molecule has 0 fully saturated rings. The van der Waals surface area contributed by atoms with Crippen LogP contribution in [-0.4, -0.2) is 33.1 Å². The van der Waals surface area contributed by atoms with Gasteiger partial charge in [0.1, 0.15) is 0 Å². The largest absolute Gasteiger partial charge is 0.389 e. The predicted octanol–water partition coefficient (Wildman–Crippen LogP) is 4.06. The average molecular weight is 322 g/mol. The molecule has 0 saturated carbocycles. The Balaban J connectivity index is 4.47. The molecule has 23 heavy (non-hydrogen) atoms. The Morgan fingerprint density at radius 3 is 2.13 bits per heavy atom. The molecule has 0 aliphatic heterocycles. The molecule has 0 rings (SSSR count). The molecule has 132 valence electrons. The fourth-order valence-electron chi connectivity index (χ4n) is 2.35. The molecule has 0 saturated heterocycles. The molecule has 0 aromatic rings. The first-order valence-corrected chi connectivity index (χ1v) is 8.26. The van der Waals surface area contributed by atoms with Crippen LogP contribution in [-0.2, 0) is 0 Å². The summed E-state index contributed by atoms with van der Waals surface area (Å²) in [6.07, 6.45) is 8.48. The van der Waals surface area contributed by atoms with Gasteiger partial charge < -0.3 is 15.3 Å². The number of allylic oxidation sites excluding steroid dienone is 3. The third-order valence-electron chi connectivity index (χ3n) is 3.64. The quantitative estimate of drug-likeness (QED) is 0.531. The molecule has 0 bridgehead atoms. The van der Waals surface area contributed by atoms with E-state index in [4.69, 9.17) is 0 Å². The van der Waals surface area contributed by atoms with E-state index in [9.17, 15) is 15.3 Å². The Kier molecular flexibility index (Phi) is 10.1. The number of hydrogen-bond acceptors (Lipinski definition) is 3. The lowest BCUT2D eigenvalue weighted by atomic mass is 9.96. The molecule has 0 aromatic carbocycles. The molecule has 0 amide bonds. The van der Waals surface area contributed by atoms with E-state index in [-0.39, 0.29) is 6.42 Å². The molecule has 0 heterocycles. The van der Waals surface area contributed by atoms with Crippen molar-refractivity contribution < 1.29 is 15.3 Å². The van der Waals surface area contributed by atoms with Crippen molar-refractivity contribution in [1.29, 1.82) is 0 Å². The predicted molar refractivity (Wildman–Crippen MR) is 98.2 cm³/mol. The second-order valence-electron chi connectivity index (χ2n) is 6.95. The minimum absolute atomic E-state index is 0.196. The standard InChI is InChI=1S/C20H34O3/c1-7-20(6,23)14-19(22)13-17(5)12-18(21)11-16(4)10-8-9-15(2)3/h7,9,11,13,18-19,21-23H,1,8,10,12,14H2,2-6H3/b16-11+,17-13+/t18-,19+,20+/m0/s1. The Hall–Kier alpha value is -1.16. The monoisotopic (exact) mass is 322 g/mol. The summed E-state index contributed by atoms with van der Waals surface area (Å²) in [6, 6.07) is 0. The Bertz CT molecular complexity index is 452. The second-order valence-corrected chi connectivity index (χ2v) is 6.95. The molecular formula is C20H34O3. The molecule has 3 N–H and O–H groups in total. The molecule has 3 heteroatoms. The Labute approximate surface area is 141 Å². The Morgan fingerprint density at radius 2 is 1.61 bits per heavy atom. The van der Waals surface area contributed by atoms with Crippen LogP contribution in [0.1, 0.15) is 60.3 Å². The van der Waals surface area contributed by atoms with Crippen LogP contribution in [0.5, 0.6) is 0 Å². The summed E-state index contributed by atoms with van der Waals surface area (Å²) in [5, 5.41) is 29.9. The summed E-state index contributed by atoms with van der Waals surface area (Å²) in [7, 11) is 0. The van der Waals surface area contributed by atoms with Gasteiger partial charge in [-0.1, -0.05) is 41.0 Å². The minimum atomic E-state index is -1.09. The van der Waals surface area contributed by atoms with Gasteiger partial charge in [-0.15, -0.1) is 6.58 Å². The molecule has 0 aliphatic carbocycles. The lowest BCUT2D eigenvalue weighted by Crippen LogP contribution is -2.26. The number of aliphatic hydroxyl groups excluding tert-OH is 2. The molecule has 0 aliphatic rings. The first kappa shape index (κ1) is 21.8. The highest BCUT2D eigenvalue weighted by Crippen LogP contribution is 2.17. The van der Waals surface area contributed by atoms with Gasteiger partial charge in [0, 0.05) is 6.42 Å². The van der Waals surface area contributed by atoms with Crippen molar-refractivity contribution in [2.45, 2.75) is 78.1 Å². The van der Waals surface area contributed by atoms with E-state index in [0.29, 0.717) is 6.42 Å². The first-order valence-electron chi connectivity index (χ1n) is 8.26. The fraction of sp³-hybridized carbons (Fsp3) is 0.600. The summed E-state index contributed by atoms with van der Waals surface area (Å²) >= 11 is 0. The van der Waals surface area contributed by atoms with Crippen LogP contribution in [0.2, 0.25) is 0 Å². The van der Waals surface area contributed by atoms with Gasteiger partial charge in [0.15, 0.2) is 0 Å². The number of rotatable bonds is 10. The average Bonchev–Trinajstić information content (AvgIpc) is 2.36. The van der Waals surface area contributed by atoms with Gasteiger partial charge in [0.25, 0.3) is 0 Å². The molecule has 3 atom stereocenters. The van der Waals surface area contributed by atoms with Crippen LogP contribution in [0, 0.1) is 0 Å². The lowest BCUT2D eigenvalue weighted by molar-refractivity contribution is 0.0573. The summed E-state index contributed by atoms with van der Waals surface area (Å²) in [4.78, 5) is 0. The molecular weight excluding hydrogens is 288 g/mol. The number of hydrogen-bond donors (Lipinski definition) is 3. The molecule has 0 spiro atoms. The van der Waals surface area contributed by atoms with Gasteiger partial charge in [-0.2, -0.15) is 0 Å². The smallest absolute Gasteiger partial charge is 0.0824 e. The first-order chi connectivity index (χ1) is 10.6. The number of aliphatic hydroxyl groups is 3. The van der Waals surface area contributed by atoms with Gasteiger partial charge in [-0.3, -0.25) is 0 Å². The fourth-order valence-corrected chi connectivity index (χ4v) is 2.35.